The first-order valence-electron chi connectivity index (χ1n) is 9.31. The van der Waals surface area contributed by atoms with Crippen molar-refractivity contribution in [2.75, 3.05) is 11.9 Å². The van der Waals surface area contributed by atoms with Gasteiger partial charge in [-0.05, 0) is 61.9 Å². The van der Waals surface area contributed by atoms with E-state index in [0.29, 0.717) is 23.4 Å². The predicted molar refractivity (Wildman–Crippen MR) is 107 cm³/mol. The Kier molecular flexibility index (Phi) is 5.18. The van der Waals surface area contributed by atoms with Gasteiger partial charge < -0.3 is 11.1 Å². The molecule has 154 valence electrons. The molecule has 7 nitrogen and oxygen atoms in total. The molecule has 1 atom stereocenters. The highest BCUT2D eigenvalue weighted by atomic mass is 32.2. The zero-order valence-electron chi connectivity index (χ0n) is 15.5. The smallest absolute Gasteiger partial charge is 0.251 e. The Morgan fingerprint density at radius 2 is 1.90 bits per heavy atom. The third-order valence-electron chi connectivity index (χ3n) is 5.33. The molecular formula is C19H20FN3O4S2. The number of amides is 2. The Labute approximate surface area is 171 Å². The number of hydrogen-bond acceptors (Lipinski definition) is 5. The van der Waals surface area contributed by atoms with Crippen LogP contribution >= 0.6 is 11.3 Å². The highest BCUT2D eigenvalue weighted by molar-refractivity contribution is 7.89. The first kappa shape index (κ1) is 20.0. The van der Waals surface area contributed by atoms with Crippen LogP contribution in [0.4, 0.5) is 9.39 Å². The molecule has 3 N–H and O–H groups in total. The summed E-state index contributed by atoms with van der Waals surface area (Å²) in [6.07, 6.45) is 3.42. The molecule has 1 aliphatic heterocycles. The predicted octanol–water partition coefficient (Wildman–Crippen LogP) is 2.27. The fourth-order valence-corrected chi connectivity index (χ4v) is 6.93. The zero-order chi connectivity index (χ0) is 20.8. The van der Waals surface area contributed by atoms with E-state index in [2.05, 4.69) is 5.32 Å². The monoisotopic (exact) mass is 437 g/mol. The Morgan fingerprint density at radius 3 is 2.59 bits per heavy atom. The van der Waals surface area contributed by atoms with Gasteiger partial charge in [-0.2, -0.15) is 4.31 Å². The molecule has 1 aliphatic carbocycles. The number of aryl methyl sites for hydroxylation is 1. The molecule has 4 rings (SSSR count). The quantitative estimate of drug-likeness (QED) is 0.748. The van der Waals surface area contributed by atoms with Crippen LogP contribution < -0.4 is 11.1 Å². The van der Waals surface area contributed by atoms with Gasteiger partial charge in [0.05, 0.1) is 10.5 Å². The average Bonchev–Trinajstić information content (AvgIpc) is 3.37. The maximum absolute atomic E-state index is 13.2. The highest BCUT2D eigenvalue weighted by Gasteiger charge is 2.40. The minimum Gasteiger partial charge on any atom is -0.365 e. The molecule has 2 heterocycles. The van der Waals surface area contributed by atoms with Crippen LogP contribution in [0, 0.1) is 5.82 Å². The number of carbonyl (C=O) groups is 2. The summed E-state index contributed by atoms with van der Waals surface area (Å²) in [6.45, 7) is 0.196. The van der Waals surface area contributed by atoms with E-state index in [-0.39, 0.29) is 11.4 Å². The molecule has 1 fully saturated rings. The van der Waals surface area contributed by atoms with E-state index in [1.165, 1.54) is 23.5 Å². The number of hydrogen-bond donors (Lipinski definition) is 2. The molecule has 1 aromatic carbocycles. The minimum atomic E-state index is -3.95. The summed E-state index contributed by atoms with van der Waals surface area (Å²) in [7, 11) is -3.95. The molecule has 1 unspecified atom stereocenters. The van der Waals surface area contributed by atoms with Crippen molar-refractivity contribution >= 4 is 38.2 Å². The number of benzene rings is 1. The number of nitrogens with two attached hydrogens (primary N) is 1. The lowest BCUT2D eigenvalue weighted by Crippen LogP contribution is -2.43. The van der Waals surface area contributed by atoms with Gasteiger partial charge in [0, 0.05) is 11.4 Å². The van der Waals surface area contributed by atoms with Crippen molar-refractivity contribution in [2.45, 2.75) is 43.0 Å². The number of nitrogens with zero attached hydrogens (tertiary/aromatic N) is 1. The Bertz CT molecular complexity index is 1080. The maximum Gasteiger partial charge on any atom is 0.251 e. The van der Waals surface area contributed by atoms with Gasteiger partial charge >= 0.3 is 0 Å². The molecule has 1 saturated heterocycles. The summed E-state index contributed by atoms with van der Waals surface area (Å²) in [6, 6.07) is 3.62. The van der Waals surface area contributed by atoms with Gasteiger partial charge in [0.15, 0.2) is 0 Å². The summed E-state index contributed by atoms with van der Waals surface area (Å²) >= 11 is 1.33. The number of thiophene rings is 1. The van der Waals surface area contributed by atoms with E-state index in [4.69, 9.17) is 5.73 Å². The molecule has 2 amide bonds. The number of sulfonamides is 1. The van der Waals surface area contributed by atoms with Crippen LogP contribution in [0.25, 0.3) is 0 Å². The van der Waals surface area contributed by atoms with Crippen LogP contribution in [-0.4, -0.2) is 37.1 Å². The molecular weight excluding hydrogens is 417 g/mol. The number of anilines is 1. The van der Waals surface area contributed by atoms with Crippen LogP contribution in [0.5, 0.6) is 0 Å². The van der Waals surface area contributed by atoms with Crippen molar-refractivity contribution in [2.24, 2.45) is 5.73 Å². The van der Waals surface area contributed by atoms with Crippen molar-refractivity contribution in [3.63, 3.8) is 0 Å². The molecule has 0 radical (unpaired) electrons. The summed E-state index contributed by atoms with van der Waals surface area (Å²) in [5.74, 6) is -1.62. The molecule has 29 heavy (non-hydrogen) atoms. The SMILES string of the molecule is NC(=O)c1c(NC(=O)C2CCCN2S(=O)(=O)c2ccc(F)cc2)sc2c1CCC2. The van der Waals surface area contributed by atoms with Gasteiger partial charge in [-0.25, -0.2) is 12.8 Å². The van der Waals surface area contributed by atoms with Crippen LogP contribution in [0.1, 0.15) is 40.1 Å². The Hall–Kier alpha value is -2.30. The molecule has 0 spiro atoms. The second-order valence-electron chi connectivity index (χ2n) is 7.14. The van der Waals surface area contributed by atoms with E-state index in [0.717, 1.165) is 46.1 Å². The lowest BCUT2D eigenvalue weighted by atomic mass is 10.1. The summed E-state index contributed by atoms with van der Waals surface area (Å²) in [5, 5.41) is 3.13. The third kappa shape index (κ3) is 3.56. The second kappa shape index (κ2) is 7.51. The topological polar surface area (TPSA) is 110 Å². The van der Waals surface area contributed by atoms with Crippen molar-refractivity contribution in [3.8, 4) is 0 Å². The Balaban J connectivity index is 1.59. The average molecular weight is 438 g/mol. The van der Waals surface area contributed by atoms with Crippen molar-refractivity contribution in [1.29, 1.82) is 0 Å². The lowest BCUT2D eigenvalue weighted by molar-refractivity contribution is -0.119. The molecule has 0 saturated carbocycles. The number of rotatable bonds is 5. The number of primary amides is 1. The molecule has 10 heteroatoms. The number of fused-ring (bicyclic) bond motifs is 1. The fraction of sp³-hybridized carbons (Fsp3) is 0.368. The van der Waals surface area contributed by atoms with E-state index in [1.807, 2.05) is 0 Å². The summed E-state index contributed by atoms with van der Waals surface area (Å²) in [4.78, 5) is 25.8. The molecule has 2 aliphatic rings. The van der Waals surface area contributed by atoms with E-state index < -0.39 is 33.7 Å². The maximum atomic E-state index is 13.2. The van der Waals surface area contributed by atoms with E-state index in [9.17, 15) is 22.4 Å². The van der Waals surface area contributed by atoms with E-state index in [1.54, 1.807) is 0 Å². The Morgan fingerprint density at radius 1 is 1.17 bits per heavy atom. The standard InChI is InChI=1S/C19H20FN3O4S2/c20-11-6-8-12(9-7-11)29(26,27)23-10-2-4-14(23)18(25)22-19-16(17(21)24)13-3-1-5-15(13)28-19/h6-9,14H,1-5,10H2,(H2,21,24)(H,22,25). The number of carbonyl (C=O) groups excluding carboxylic acids is 2. The van der Waals surface area contributed by atoms with E-state index >= 15 is 0 Å². The largest absolute Gasteiger partial charge is 0.365 e. The summed E-state index contributed by atoms with van der Waals surface area (Å²) in [5.41, 5.74) is 6.75. The highest BCUT2D eigenvalue weighted by Crippen LogP contribution is 2.39. The van der Waals surface area contributed by atoms with Crippen LogP contribution in [0.15, 0.2) is 29.2 Å². The van der Waals surface area contributed by atoms with Crippen LogP contribution in [-0.2, 0) is 27.7 Å². The number of halogens is 1. The van der Waals surface area contributed by atoms with Gasteiger partial charge in [0.2, 0.25) is 15.9 Å². The van der Waals surface area contributed by atoms with Gasteiger partial charge in [-0.1, -0.05) is 0 Å². The van der Waals surface area contributed by atoms with Gasteiger partial charge in [-0.15, -0.1) is 11.3 Å². The van der Waals surface area contributed by atoms with Gasteiger partial charge in [-0.3, -0.25) is 9.59 Å². The van der Waals surface area contributed by atoms with Crippen molar-refractivity contribution in [3.05, 3.63) is 46.1 Å². The first-order chi connectivity index (χ1) is 13.8. The summed E-state index contributed by atoms with van der Waals surface area (Å²) < 4.78 is 40.2. The molecule has 1 aromatic heterocycles. The van der Waals surface area contributed by atoms with Gasteiger partial charge in [0.25, 0.3) is 5.91 Å². The fourth-order valence-electron chi connectivity index (χ4n) is 3.98. The minimum absolute atomic E-state index is 0.0634. The second-order valence-corrected chi connectivity index (χ2v) is 10.1. The lowest BCUT2D eigenvalue weighted by Gasteiger charge is -2.23. The first-order valence-corrected chi connectivity index (χ1v) is 11.6. The van der Waals surface area contributed by atoms with Gasteiger partial charge in [0.1, 0.15) is 16.9 Å². The molecule has 2 aromatic rings. The normalized spacial score (nSPS) is 19.3. The van der Waals surface area contributed by atoms with Crippen LogP contribution in [0.2, 0.25) is 0 Å². The molecule has 0 bridgehead atoms. The third-order valence-corrected chi connectivity index (χ3v) is 8.46. The van der Waals surface area contributed by atoms with Crippen molar-refractivity contribution in [1.82, 2.24) is 4.31 Å². The zero-order valence-corrected chi connectivity index (χ0v) is 17.1. The number of nitrogens with one attached hydrogen (secondary N) is 1. The van der Waals surface area contributed by atoms with Crippen LogP contribution in [0.3, 0.4) is 0 Å². The van der Waals surface area contributed by atoms with Crippen molar-refractivity contribution < 1.29 is 22.4 Å².